The van der Waals surface area contributed by atoms with Gasteiger partial charge in [-0.05, 0) is 6.07 Å². The quantitative estimate of drug-likeness (QED) is 0.583. The second kappa shape index (κ2) is 8.86. The lowest BCUT2D eigenvalue weighted by atomic mass is 10.2. The third kappa shape index (κ3) is 5.38. The standard InChI is InChI=1S/C20H20F2N6O3/c1-11(29)25-16-8-14(15(30-3)10-23-16)26-17-7-13(27-19(28-17)20(2,21)22)12-5-6-18(31-4)24-9-12/h5-10H,1-4H3,(H2,23,25,26,27,28,29). The number of anilines is 3. The zero-order valence-electron chi connectivity index (χ0n) is 17.2. The normalized spacial score (nSPS) is 11.0. The molecule has 3 rings (SSSR count). The van der Waals surface area contributed by atoms with Crippen LogP contribution in [0.25, 0.3) is 11.3 Å². The van der Waals surface area contributed by atoms with Crippen LogP contribution in [0.5, 0.6) is 11.6 Å². The third-order valence-electron chi connectivity index (χ3n) is 4.01. The van der Waals surface area contributed by atoms with E-state index in [4.69, 9.17) is 9.47 Å². The molecule has 3 heterocycles. The molecular formula is C20H20F2N6O3. The van der Waals surface area contributed by atoms with E-state index in [0.717, 1.165) is 0 Å². The number of amides is 1. The molecule has 11 heteroatoms. The average molecular weight is 430 g/mol. The predicted octanol–water partition coefficient (Wildman–Crippen LogP) is 3.76. The lowest BCUT2D eigenvalue weighted by molar-refractivity contribution is -0.114. The summed E-state index contributed by atoms with van der Waals surface area (Å²) in [4.78, 5) is 27.4. The van der Waals surface area contributed by atoms with Gasteiger partial charge in [0.2, 0.25) is 17.6 Å². The van der Waals surface area contributed by atoms with Crippen LogP contribution in [0.4, 0.5) is 26.1 Å². The average Bonchev–Trinajstić information content (AvgIpc) is 2.73. The molecule has 1 amide bonds. The van der Waals surface area contributed by atoms with Crippen LogP contribution in [0, 0.1) is 0 Å². The fraction of sp³-hybridized carbons (Fsp3) is 0.250. The first-order chi connectivity index (χ1) is 14.7. The Kier molecular flexibility index (Phi) is 6.23. The highest BCUT2D eigenvalue weighted by Crippen LogP contribution is 2.32. The van der Waals surface area contributed by atoms with Gasteiger partial charge in [-0.1, -0.05) is 0 Å². The lowest BCUT2D eigenvalue weighted by Gasteiger charge is -2.15. The number of ether oxygens (including phenoxy) is 2. The monoisotopic (exact) mass is 430 g/mol. The fourth-order valence-corrected chi connectivity index (χ4v) is 2.60. The maximum absolute atomic E-state index is 14.1. The summed E-state index contributed by atoms with van der Waals surface area (Å²) in [5, 5.41) is 5.48. The first-order valence-corrected chi connectivity index (χ1v) is 9.06. The van der Waals surface area contributed by atoms with E-state index in [0.29, 0.717) is 29.8 Å². The summed E-state index contributed by atoms with van der Waals surface area (Å²) in [6.07, 6.45) is 2.85. The highest BCUT2D eigenvalue weighted by atomic mass is 19.3. The van der Waals surface area contributed by atoms with Gasteiger partial charge >= 0.3 is 5.92 Å². The van der Waals surface area contributed by atoms with Gasteiger partial charge in [0.15, 0.2) is 5.75 Å². The van der Waals surface area contributed by atoms with Crippen LogP contribution in [0.1, 0.15) is 19.7 Å². The van der Waals surface area contributed by atoms with Crippen LogP contribution in [0.2, 0.25) is 0 Å². The summed E-state index contributed by atoms with van der Waals surface area (Å²) < 4.78 is 38.4. The molecule has 31 heavy (non-hydrogen) atoms. The molecule has 0 radical (unpaired) electrons. The molecule has 0 aliphatic rings. The zero-order valence-corrected chi connectivity index (χ0v) is 17.2. The lowest BCUT2D eigenvalue weighted by Crippen LogP contribution is -2.14. The van der Waals surface area contributed by atoms with Gasteiger partial charge in [-0.2, -0.15) is 8.78 Å². The van der Waals surface area contributed by atoms with Crippen LogP contribution in [0.15, 0.2) is 36.7 Å². The number of pyridine rings is 2. The second-order valence-corrected chi connectivity index (χ2v) is 6.52. The van der Waals surface area contributed by atoms with Crippen LogP contribution in [0.3, 0.4) is 0 Å². The van der Waals surface area contributed by atoms with Gasteiger partial charge in [0.25, 0.3) is 0 Å². The number of rotatable bonds is 7. The number of nitrogens with one attached hydrogen (secondary N) is 2. The van der Waals surface area contributed by atoms with E-state index >= 15 is 0 Å². The van der Waals surface area contributed by atoms with Crippen molar-refractivity contribution in [2.24, 2.45) is 0 Å². The Hall–Kier alpha value is -3.89. The van der Waals surface area contributed by atoms with E-state index in [-0.39, 0.29) is 23.2 Å². The van der Waals surface area contributed by atoms with Crippen molar-refractivity contribution in [3.63, 3.8) is 0 Å². The Bertz CT molecular complexity index is 1090. The van der Waals surface area contributed by atoms with Crippen molar-refractivity contribution in [1.29, 1.82) is 0 Å². The van der Waals surface area contributed by atoms with Gasteiger partial charge in [0, 0.05) is 43.8 Å². The molecule has 0 unspecified atom stereocenters. The Morgan fingerprint density at radius 3 is 2.39 bits per heavy atom. The molecule has 0 bridgehead atoms. The molecular weight excluding hydrogens is 410 g/mol. The molecule has 0 saturated carbocycles. The molecule has 2 N–H and O–H groups in total. The van der Waals surface area contributed by atoms with Crippen molar-refractivity contribution in [3.05, 3.63) is 42.5 Å². The molecule has 0 aliphatic heterocycles. The third-order valence-corrected chi connectivity index (χ3v) is 4.01. The van der Waals surface area contributed by atoms with E-state index in [9.17, 15) is 13.6 Å². The second-order valence-electron chi connectivity index (χ2n) is 6.52. The molecule has 0 saturated heterocycles. The van der Waals surface area contributed by atoms with Crippen molar-refractivity contribution >= 4 is 23.2 Å². The molecule has 3 aromatic heterocycles. The number of halogens is 2. The Labute approximate surface area is 176 Å². The maximum Gasteiger partial charge on any atom is 0.303 e. The van der Waals surface area contributed by atoms with E-state index in [1.165, 1.54) is 45.7 Å². The summed E-state index contributed by atoms with van der Waals surface area (Å²) >= 11 is 0. The number of methoxy groups -OCH3 is 2. The number of hydrogen-bond donors (Lipinski definition) is 2. The molecule has 0 atom stereocenters. The SMILES string of the molecule is COc1ccc(-c2cc(Nc3cc(NC(C)=O)ncc3OC)nc(C(C)(F)F)n2)cn1. The highest BCUT2D eigenvalue weighted by molar-refractivity contribution is 5.88. The molecule has 0 fully saturated rings. The Balaban J connectivity index is 2.05. The van der Waals surface area contributed by atoms with Crippen molar-refractivity contribution in [3.8, 4) is 22.9 Å². The maximum atomic E-state index is 14.1. The van der Waals surface area contributed by atoms with E-state index in [1.54, 1.807) is 12.1 Å². The molecule has 0 spiro atoms. The zero-order chi connectivity index (χ0) is 22.6. The predicted molar refractivity (Wildman–Crippen MR) is 110 cm³/mol. The molecule has 3 aromatic rings. The minimum atomic E-state index is -3.28. The van der Waals surface area contributed by atoms with Gasteiger partial charge in [-0.15, -0.1) is 0 Å². The van der Waals surface area contributed by atoms with Crippen LogP contribution < -0.4 is 20.1 Å². The largest absolute Gasteiger partial charge is 0.493 e. The summed E-state index contributed by atoms with van der Waals surface area (Å²) in [6.45, 7) is 2.05. The number of aromatic nitrogens is 4. The van der Waals surface area contributed by atoms with Gasteiger partial charge in [0.05, 0.1) is 31.8 Å². The molecule has 9 nitrogen and oxygen atoms in total. The summed E-state index contributed by atoms with van der Waals surface area (Å²) in [7, 11) is 2.90. The van der Waals surface area contributed by atoms with Gasteiger partial charge in [-0.3, -0.25) is 4.79 Å². The van der Waals surface area contributed by atoms with E-state index in [1.807, 2.05) is 0 Å². The topological polar surface area (TPSA) is 111 Å². The Morgan fingerprint density at radius 1 is 1.03 bits per heavy atom. The number of carbonyl (C=O) groups is 1. The van der Waals surface area contributed by atoms with Crippen LogP contribution in [-0.4, -0.2) is 40.1 Å². The van der Waals surface area contributed by atoms with Crippen molar-refractivity contribution in [2.75, 3.05) is 24.9 Å². The first-order valence-electron chi connectivity index (χ1n) is 9.06. The molecule has 0 aliphatic carbocycles. The Morgan fingerprint density at radius 2 is 1.81 bits per heavy atom. The first kappa shape index (κ1) is 21.8. The minimum absolute atomic E-state index is 0.0932. The summed E-state index contributed by atoms with van der Waals surface area (Å²) in [5.74, 6) is -3.21. The van der Waals surface area contributed by atoms with Crippen LogP contribution in [-0.2, 0) is 10.7 Å². The van der Waals surface area contributed by atoms with Crippen molar-refractivity contribution in [1.82, 2.24) is 19.9 Å². The molecule has 0 aromatic carbocycles. The molecule has 162 valence electrons. The number of nitrogens with zero attached hydrogens (tertiary/aromatic N) is 4. The fourth-order valence-electron chi connectivity index (χ4n) is 2.60. The number of carbonyl (C=O) groups excluding carboxylic acids is 1. The van der Waals surface area contributed by atoms with Crippen molar-refractivity contribution < 1.29 is 23.0 Å². The van der Waals surface area contributed by atoms with Gasteiger partial charge < -0.3 is 20.1 Å². The van der Waals surface area contributed by atoms with Gasteiger partial charge in [0.1, 0.15) is 11.6 Å². The van der Waals surface area contributed by atoms with E-state index < -0.39 is 11.7 Å². The van der Waals surface area contributed by atoms with Crippen molar-refractivity contribution in [2.45, 2.75) is 19.8 Å². The summed E-state index contributed by atoms with van der Waals surface area (Å²) in [5.41, 5.74) is 1.10. The summed E-state index contributed by atoms with van der Waals surface area (Å²) in [6, 6.07) is 6.24. The number of alkyl halides is 2. The number of hydrogen-bond acceptors (Lipinski definition) is 8. The minimum Gasteiger partial charge on any atom is -0.493 e. The smallest absolute Gasteiger partial charge is 0.303 e. The highest BCUT2D eigenvalue weighted by Gasteiger charge is 2.29. The van der Waals surface area contributed by atoms with E-state index in [2.05, 4.69) is 30.6 Å². The van der Waals surface area contributed by atoms with Gasteiger partial charge in [-0.25, -0.2) is 19.9 Å². The van der Waals surface area contributed by atoms with Crippen LogP contribution >= 0.6 is 0 Å².